The van der Waals surface area contributed by atoms with Gasteiger partial charge >= 0.3 is 0 Å². The van der Waals surface area contributed by atoms with Crippen molar-refractivity contribution in [3.63, 3.8) is 0 Å². The minimum atomic E-state index is -3.64. The predicted octanol–water partition coefficient (Wildman–Crippen LogP) is 6.17. The Kier molecular flexibility index (Phi) is 7.51. The molecule has 8 nitrogen and oxygen atoms in total. The highest BCUT2D eigenvalue weighted by atomic mass is 32.2. The number of benzene rings is 2. The molecule has 0 fully saturated rings. The maximum Gasteiger partial charge on any atom is 0.291 e. The van der Waals surface area contributed by atoms with E-state index in [0.717, 1.165) is 24.7 Å². The van der Waals surface area contributed by atoms with Crippen molar-refractivity contribution >= 4 is 27.3 Å². The molecule has 39 heavy (non-hydrogen) atoms. The number of ether oxygens (including phenoxy) is 2. The third-order valence-electron chi connectivity index (χ3n) is 7.62. The number of carbonyl (C=O) groups is 1. The molecule has 3 aromatic rings. The molecule has 0 unspecified atom stereocenters. The van der Waals surface area contributed by atoms with Crippen LogP contribution in [0.4, 0.5) is 11.4 Å². The molecule has 0 aliphatic heterocycles. The Morgan fingerprint density at radius 3 is 2.21 bits per heavy atom. The molecule has 2 N–H and O–H groups in total. The maximum atomic E-state index is 13.2. The van der Waals surface area contributed by atoms with Gasteiger partial charge in [0.2, 0.25) is 10.0 Å². The van der Waals surface area contributed by atoms with Gasteiger partial charge in [0.25, 0.3) is 5.91 Å². The number of hydrogen-bond acceptors (Lipinski definition) is 6. The van der Waals surface area contributed by atoms with E-state index in [0.29, 0.717) is 17.9 Å². The third kappa shape index (κ3) is 6.08. The first-order chi connectivity index (χ1) is 18.1. The number of amides is 1. The topological polar surface area (TPSA) is 107 Å². The summed E-state index contributed by atoms with van der Waals surface area (Å²) in [5.74, 6) is 0.822. The van der Waals surface area contributed by atoms with Crippen LogP contribution < -0.4 is 19.5 Å². The van der Waals surface area contributed by atoms with E-state index in [2.05, 4.69) is 56.8 Å². The van der Waals surface area contributed by atoms with Crippen molar-refractivity contribution in [1.29, 1.82) is 0 Å². The van der Waals surface area contributed by atoms with Crippen molar-refractivity contribution in [3.05, 3.63) is 70.2 Å². The van der Waals surface area contributed by atoms with Gasteiger partial charge in [-0.1, -0.05) is 39.8 Å². The second kappa shape index (κ2) is 10.3. The van der Waals surface area contributed by atoms with E-state index < -0.39 is 15.9 Å². The molecule has 4 rings (SSSR count). The molecule has 210 valence electrons. The van der Waals surface area contributed by atoms with Gasteiger partial charge in [-0.2, -0.15) is 0 Å². The summed E-state index contributed by atoms with van der Waals surface area (Å²) < 4.78 is 42.9. The zero-order valence-electron chi connectivity index (χ0n) is 23.9. The molecule has 2 aromatic carbocycles. The number of furan rings is 1. The van der Waals surface area contributed by atoms with Crippen LogP contribution in [0, 0.1) is 6.92 Å². The van der Waals surface area contributed by atoms with E-state index in [1.807, 2.05) is 0 Å². The van der Waals surface area contributed by atoms with Crippen LogP contribution in [0.25, 0.3) is 0 Å². The van der Waals surface area contributed by atoms with Crippen LogP contribution in [-0.2, 0) is 27.3 Å². The zero-order valence-corrected chi connectivity index (χ0v) is 24.8. The largest absolute Gasteiger partial charge is 0.497 e. The summed E-state index contributed by atoms with van der Waals surface area (Å²) in [6.45, 7) is 11.3. The van der Waals surface area contributed by atoms with Crippen molar-refractivity contribution < 1.29 is 27.1 Å². The summed E-state index contributed by atoms with van der Waals surface area (Å²) in [4.78, 5) is 13.2. The minimum Gasteiger partial charge on any atom is -0.497 e. The Labute approximate surface area is 231 Å². The number of sulfonamides is 1. The van der Waals surface area contributed by atoms with Gasteiger partial charge in [0.1, 0.15) is 22.9 Å². The Balaban J connectivity index is 1.61. The van der Waals surface area contributed by atoms with Crippen LogP contribution in [0.1, 0.15) is 79.1 Å². The molecule has 1 heterocycles. The third-order valence-corrected chi connectivity index (χ3v) is 8.22. The standard InChI is InChI=1S/C30H38N2O6S/c1-18-13-22-23(30(4,5)12-11-29(22,2)3)15-19(18)14-20-9-10-25(38-20)28(33)31-27-24(32-39(8,34)35)16-21(36-6)17-26(27)37-7/h9-10,13,15-17,32H,11-12,14H2,1-8H3,(H,31,33). The number of hydrogen-bond donors (Lipinski definition) is 2. The molecule has 0 atom stereocenters. The Bertz CT molecular complexity index is 1520. The summed E-state index contributed by atoms with van der Waals surface area (Å²) in [6.07, 6.45) is 3.86. The highest BCUT2D eigenvalue weighted by Crippen LogP contribution is 2.46. The molecule has 0 radical (unpaired) electrons. The lowest BCUT2D eigenvalue weighted by molar-refractivity contribution is 0.0994. The van der Waals surface area contributed by atoms with Crippen molar-refractivity contribution in [2.24, 2.45) is 0 Å². The van der Waals surface area contributed by atoms with Crippen molar-refractivity contribution in [2.45, 2.75) is 64.7 Å². The minimum absolute atomic E-state index is 0.0939. The molecule has 0 saturated heterocycles. The van der Waals surface area contributed by atoms with Gasteiger partial charge in [-0.25, -0.2) is 8.42 Å². The first-order valence-corrected chi connectivity index (χ1v) is 14.8. The molecule has 0 spiro atoms. The summed E-state index contributed by atoms with van der Waals surface area (Å²) in [6, 6.07) is 11.1. The molecule has 1 aliphatic rings. The summed E-state index contributed by atoms with van der Waals surface area (Å²) in [7, 11) is -0.771. The lowest BCUT2D eigenvalue weighted by Crippen LogP contribution is -2.34. The van der Waals surface area contributed by atoms with E-state index in [-0.39, 0.29) is 33.7 Å². The summed E-state index contributed by atoms with van der Waals surface area (Å²) in [5, 5.41) is 2.73. The van der Waals surface area contributed by atoms with Gasteiger partial charge in [0.05, 0.1) is 26.2 Å². The molecular weight excluding hydrogens is 516 g/mol. The monoisotopic (exact) mass is 554 g/mol. The molecule has 1 aromatic heterocycles. The Morgan fingerprint density at radius 2 is 1.62 bits per heavy atom. The van der Waals surface area contributed by atoms with Crippen LogP contribution >= 0.6 is 0 Å². The van der Waals surface area contributed by atoms with Gasteiger partial charge < -0.3 is 19.2 Å². The van der Waals surface area contributed by atoms with Crippen molar-refractivity contribution in [2.75, 3.05) is 30.5 Å². The molecule has 0 bridgehead atoms. The summed E-state index contributed by atoms with van der Waals surface area (Å²) in [5.41, 5.74) is 5.64. The first-order valence-electron chi connectivity index (χ1n) is 12.9. The number of anilines is 2. The van der Waals surface area contributed by atoms with Crippen molar-refractivity contribution in [1.82, 2.24) is 0 Å². The molecule has 0 saturated carbocycles. The van der Waals surface area contributed by atoms with Crippen LogP contribution in [0.2, 0.25) is 0 Å². The second-order valence-corrected chi connectivity index (χ2v) is 13.4. The zero-order chi connectivity index (χ0) is 28.8. The second-order valence-electron chi connectivity index (χ2n) is 11.6. The fourth-order valence-electron chi connectivity index (χ4n) is 5.19. The SMILES string of the molecule is COc1cc(NS(C)(=O)=O)c(NC(=O)c2ccc(Cc3cc4c(cc3C)C(C)(C)CCC4(C)C)o2)c(OC)c1. The molecule has 9 heteroatoms. The fraction of sp³-hybridized carbons (Fsp3) is 0.433. The number of carbonyl (C=O) groups excluding carboxylic acids is 1. The maximum absolute atomic E-state index is 13.2. The smallest absolute Gasteiger partial charge is 0.291 e. The lowest BCUT2D eigenvalue weighted by Gasteiger charge is -2.42. The Morgan fingerprint density at radius 1 is 0.974 bits per heavy atom. The van der Waals surface area contributed by atoms with E-state index in [9.17, 15) is 13.2 Å². The number of rotatable bonds is 8. The average molecular weight is 555 g/mol. The number of aryl methyl sites for hydroxylation is 1. The lowest BCUT2D eigenvalue weighted by atomic mass is 9.62. The highest BCUT2D eigenvalue weighted by molar-refractivity contribution is 7.92. The summed E-state index contributed by atoms with van der Waals surface area (Å²) >= 11 is 0. The normalized spacial score (nSPS) is 15.8. The van der Waals surface area contributed by atoms with E-state index in [1.54, 1.807) is 18.2 Å². The van der Waals surface area contributed by atoms with E-state index in [4.69, 9.17) is 13.9 Å². The van der Waals surface area contributed by atoms with Gasteiger partial charge in [-0.15, -0.1) is 0 Å². The van der Waals surface area contributed by atoms with Crippen LogP contribution in [0.3, 0.4) is 0 Å². The van der Waals surface area contributed by atoms with Crippen molar-refractivity contribution in [3.8, 4) is 11.5 Å². The predicted molar refractivity (Wildman–Crippen MR) is 154 cm³/mol. The number of methoxy groups -OCH3 is 2. The fourth-order valence-corrected chi connectivity index (χ4v) is 5.75. The van der Waals surface area contributed by atoms with Gasteiger partial charge in [0.15, 0.2) is 5.76 Å². The van der Waals surface area contributed by atoms with Gasteiger partial charge in [-0.3, -0.25) is 9.52 Å². The van der Waals surface area contributed by atoms with Crippen LogP contribution in [0.5, 0.6) is 11.5 Å². The number of fused-ring (bicyclic) bond motifs is 1. The quantitative estimate of drug-likeness (QED) is 0.345. The Hall–Kier alpha value is -3.46. The highest BCUT2D eigenvalue weighted by Gasteiger charge is 2.37. The molecular formula is C30H38N2O6S. The van der Waals surface area contributed by atoms with E-state index >= 15 is 0 Å². The molecule has 1 aliphatic carbocycles. The van der Waals surface area contributed by atoms with Crippen LogP contribution in [0.15, 0.2) is 40.8 Å². The van der Waals surface area contributed by atoms with Gasteiger partial charge in [-0.05, 0) is 65.0 Å². The van der Waals surface area contributed by atoms with Crippen LogP contribution in [-0.4, -0.2) is 34.8 Å². The van der Waals surface area contributed by atoms with Gasteiger partial charge in [0, 0.05) is 18.6 Å². The van der Waals surface area contributed by atoms with E-state index in [1.165, 1.54) is 37.0 Å². The number of nitrogens with one attached hydrogen (secondary N) is 2. The first kappa shape index (κ1) is 28.5. The molecule has 1 amide bonds. The average Bonchev–Trinajstić information content (AvgIpc) is 3.31.